The van der Waals surface area contributed by atoms with Gasteiger partial charge in [-0.05, 0) is 66.3 Å². The lowest BCUT2D eigenvalue weighted by Crippen LogP contribution is -2.22. The van der Waals surface area contributed by atoms with Gasteiger partial charge in [0, 0.05) is 36.0 Å². The molecule has 0 aliphatic carbocycles. The van der Waals surface area contributed by atoms with Crippen molar-refractivity contribution in [3.05, 3.63) is 36.4 Å². The van der Waals surface area contributed by atoms with E-state index in [0.29, 0.717) is 35.7 Å². The minimum absolute atomic E-state index is 0.0470. The first-order valence-corrected chi connectivity index (χ1v) is 12.2. The van der Waals surface area contributed by atoms with E-state index >= 15 is 0 Å². The normalized spacial score (nSPS) is 12.1. The molecule has 0 aliphatic heterocycles. The molecule has 2 heterocycles. The van der Waals surface area contributed by atoms with Crippen molar-refractivity contribution in [2.75, 3.05) is 30.0 Å². The van der Waals surface area contributed by atoms with E-state index in [9.17, 15) is 4.79 Å². The highest BCUT2D eigenvalue weighted by molar-refractivity contribution is 5.91. The van der Waals surface area contributed by atoms with Crippen LogP contribution in [-0.2, 0) is 4.79 Å². The van der Waals surface area contributed by atoms with Crippen molar-refractivity contribution >= 4 is 23.2 Å². The van der Waals surface area contributed by atoms with Gasteiger partial charge in [-0.3, -0.25) is 9.78 Å². The van der Waals surface area contributed by atoms with Crippen LogP contribution >= 0.6 is 0 Å². The average molecular weight is 472 g/mol. The van der Waals surface area contributed by atoms with Crippen molar-refractivity contribution in [1.29, 1.82) is 0 Å². The molecular weight excluding hydrogens is 426 g/mol. The Balaban J connectivity index is 0.000000342. The number of anilines is 3. The fraction of sp³-hybridized carbons (Fsp3) is 0.615. The van der Waals surface area contributed by atoms with E-state index in [1.807, 2.05) is 40.0 Å². The van der Waals surface area contributed by atoms with Crippen molar-refractivity contribution < 1.29 is 4.79 Å². The Labute approximate surface area is 206 Å². The number of pyridine rings is 1. The van der Waals surface area contributed by atoms with Gasteiger partial charge >= 0.3 is 0 Å². The topological polar surface area (TPSA) is 95.1 Å². The van der Waals surface area contributed by atoms with E-state index in [-0.39, 0.29) is 11.8 Å². The molecule has 8 heteroatoms. The molecule has 3 N–H and O–H groups in total. The Morgan fingerprint density at radius 3 is 2.03 bits per heavy atom. The summed E-state index contributed by atoms with van der Waals surface area (Å²) >= 11 is 0. The zero-order chi connectivity index (χ0) is 25.8. The minimum Gasteiger partial charge on any atom is -0.383 e. The van der Waals surface area contributed by atoms with Gasteiger partial charge in [0.15, 0.2) is 0 Å². The van der Waals surface area contributed by atoms with E-state index in [0.717, 1.165) is 17.8 Å². The molecule has 0 saturated carbocycles. The Morgan fingerprint density at radius 1 is 0.882 bits per heavy atom. The standard InChI is InChI=1S/C15H27N3.C11H18N4O/c1-11(2)9-15(18(5)6)14-10-13(7-8-16-14)17-12(3)4;1-7(2)11(16)15-10-5-9(12-6-13-10)14-8(3)4/h7-8,10-12,15H,9H2,1-6H3,(H,16,17);5-8H,1-4H3,(H2,12,13,14,15,16). The first-order chi connectivity index (χ1) is 15.9. The van der Waals surface area contributed by atoms with Crippen molar-refractivity contribution in [3.8, 4) is 0 Å². The average Bonchev–Trinajstić information content (AvgIpc) is 2.71. The third-order valence-electron chi connectivity index (χ3n) is 4.78. The third-order valence-corrected chi connectivity index (χ3v) is 4.78. The van der Waals surface area contributed by atoms with Crippen molar-refractivity contribution in [2.24, 2.45) is 11.8 Å². The van der Waals surface area contributed by atoms with Gasteiger partial charge in [-0.2, -0.15) is 0 Å². The molecule has 0 fully saturated rings. The van der Waals surface area contributed by atoms with Crippen molar-refractivity contribution in [1.82, 2.24) is 19.9 Å². The predicted molar refractivity (Wildman–Crippen MR) is 143 cm³/mol. The van der Waals surface area contributed by atoms with Crippen LogP contribution in [0.15, 0.2) is 30.7 Å². The summed E-state index contributed by atoms with van der Waals surface area (Å²) in [5, 5.41) is 9.30. The van der Waals surface area contributed by atoms with E-state index in [4.69, 9.17) is 0 Å². The third kappa shape index (κ3) is 11.4. The maximum atomic E-state index is 11.5. The van der Waals surface area contributed by atoms with Crippen LogP contribution in [0.4, 0.5) is 17.3 Å². The molecule has 1 atom stereocenters. The first-order valence-electron chi connectivity index (χ1n) is 12.2. The largest absolute Gasteiger partial charge is 0.383 e. The van der Waals surface area contributed by atoms with E-state index in [1.165, 1.54) is 6.33 Å². The zero-order valence-corrected chi connectivity index (χ0v) is 22.7. The molecule has 2 aromatic rings. The number of hydrogen-bond donors (Lipinski definition) is 3. The highest BCUT2D eigenvalue weighted by atomic mass is 16.1. The molecule has 0 aromatic carbocycles. The predicted octanol–water partition coefficient (Wildman–Crippen LogP) is 5.44. The number of hydrogen-bond acceptors (Lipinski definition) is 7. The van der Waals surface area contributed by atoms with E-state index in [2.05, 4.69) is 83.7 Å². The van der Waals surface area contributed by atoms with Crippen LogP contribution in [0.1, 0.15) is 73.5 Å². The second kappa shape index (κ2) is 14.5. The fourth-order valence-electron chi connectivity index (χ4n) is 3.17. The fourth-order valence-corrected chi connectivity index (χ4v) is 3.17. The Morgan fingerprint density at radius 2 is 1.50 bits per heavy atom. The Bertz CT molecular complexity index is 866. The highest BCUT2D eigenvalue weighted by Crippen LogP contribution is 2.26. The molecule has 1 amide bonds. The summed E-state index contributed by atoms with van der Waals surface area (Å²) in [6, 6.07) is 7.06. The monoisotopic (exact) mass is 471 g/mol. The summed E-state index contributed by atoms with van der Waals surface area (Å²) in [6.45, 7) is 16.5. The molecule has 2 rings (SSSR count). The van der Waals surface area contributed by atoms with Crippen molar-refractivity contribution in [2.45, 2.75) is 79.9 Å². The number of carbonyl (C=O) groups is 1. The molecule has 34 heavy (non-hydrogen) atoms. The molecule has 0 saturated heterocycles. The van der Waals surface area contributed by atoms with Crippen LogP contribution in [-0.4, -0.2) is 51.9 Å². The van der Waals surface area contributed by atoms with Crippen LogP contribution in [0, 0.1) is 11.8 Å². The van der Waals surface area contributed by atoms with Crippen LogP contribution in [0.5, 0.6) is 0 Å². The van der Waals surface area contributed by atoms with Gasteiger partial charge in [0.05, 0.1) is 11.7 Å². The van der Waals surface area contributed by atoms with Crippen LogP contribution in [0.3, 0.4) is 0 Å². The molecule has 0 radical (unpaired) electrons. The van der Waals surface area contributed by atoms with Gasteiger partial charge in [-0.15, -0.1) is 0 Å². The number of rotatable bonds is 10. The maximum Gasteiger partial charge on any atom is 0.228 e. The number of carbonyl (C=O) groups excluding carboxylic acids is 1. The first kappa shape index (κ1) is 29.3. The van der Waals surface area contributed by atoms with Gasteiger partial charge in [0.2, 0.25) is 5.91 Å². The van der Waals surface area contributed by atoms with Crippen molar-refractivity contribution in [3.63, 3.8) is 0 Å². The van der Waals surface area contributed by atoms with Gasteiger partial charge < -0.3 is 20.9 Å². The van der Waals surface area contributed by atoms with Crippen LogP contribution in [0.25, 0.3) is 0 Å². The number of nitrogens with zero attached hydrogens (tertiary/aromatic N) is 4. The molecule has 0 spiro atoms. The van der Waals surface area contributed by atoms with Gasteiger partial charge in [0.25, 0.3) is 0 Å². The summed E-state index contributed by atoms with van der Waals surface area (Å²) in [5.74, 6) is 1.80. The number of nitrogens with one attached hydrogen (secondary N) is 3. The molecule has 1 unspecified atom stereocenters. The lowest BCUT2D eigenvalue weighted by atomic mass is 9.99. The molecular formula is C26H45N7O. The summed E-state index contributed by atoms with van der Waals surface area (Å²) < 4.78 is 0. The molecule has 0 bridgehead atoms. The van der Waals surface area contributed by atoms with Gasteiger partial charge in [0.1, 0.15) is 18.0 Å². The second-order valence-corrected chi connectivity index (χ2v) is 10.1. The Hall–Kier alpha value is -2.74. The maximum absolute atomic E-state index is 11.5. The molecule has 190 valence electrons. The van der Waals surface area contributed by atoms with E-state index < -0.39 is 0 Å². The summed E-state index contributed by atoms with van der Waals surface area (Å²) in [5.41, 5.74) is 2.31. The molecule has 0 aliphatic rings. The van der Waals surface area contributed by atoms with Gasteiger partial charge in [-0.1, -0.05) is 27.7 Å². The van der Waals surface area contributed by atoms with E-state index in [1.54, 1.807) is 6.07 Å². The quantitative estimate of drug-likeness (QED) is 0.424. The zero-order valence-electron chi connectivity index (χ0n) is 22.7. The summed E-state index contributed by atoms with van der Waals surface area (Å²) in [7, 11) is 4.24. The smallest absolute Gasteiger partial charge is 0.228 e. The highest BCUT2D eigenvalue weighted by Gasteiger charge is 2.17. The van der Waals surface area contributed by atoms with Crippen LogP contribution < -0.4 is 16.0 Å². The number of amides is 1. The Kier molecular flexibility index (Phi) is 12.5. The summed E-state index contributed by atoms with van der Waals surface area (Å²) in [6.07, 6.45) is 4.46. The second-order valence-electron chi connectivity index (χ2n) is 10.1. The lowest BCUT2D eigenvalue weighted by molar-refractivity contribution is -0.118. The molecule has 8 nitrogen and oxygen atoms in total. The summed E-state index contributed by atoms with van der Waals surface area (Å²) in [4.78, 5) is 26.3. The SMILES string of the molecule is CC(C)CC(c1cc(NC(C)C)ccn1)N(C)C.CC(C)Nc1cc(NC(=O)C(C)C)ncn1. The van der Waals surface area contributed by atoms with Crippen LogP contribution in [0.2, 0.25) is 0 Å². The molecule has 2 aromatic heterocycles. The minimum atomic E-state index is -0.0588. The van der Waals surface area contributed by atoms with Gasteiger partial charge in [-0.25, -0.2) is 9.97 Å². The number of aromatic nitrogens is 3. The lowest BCUT2D eigenvalue weighted by Gasteiger charge is -2.26.